The first-order valence-corrected chi connectivity index (χ1v) is 8.02. The number of furan rings is 1. The number of phenols is 1. The lowest BCUT2D eigenvalue weighted by molar-refractivity contribution is 0.282. The van der Waals surface area contributed by atoms with Gasteiger partial charge >= 0.3 is 0 Å². The third-order valence-corrected chi connectivity index (χ3v) is 4.12. The lowest BCUT2D eigenvalue weighted by Gasteiger charge is -2.06. The van der Waals surface area contributed by atoms with Crippen LogP contribution in [0.25, 0.3) is 28.4 Å². The molecule has 0 radical (unpaired) electrons. The van der Waals surface area contributed by atoms with Gasteiger partial charge in [-0.15, -0.1) is 0 Å². The predicted molar refractivity (Wildman–Crippen MR) is 98.5 cm³/mol. The molecule has 3 N–H and O–H groups in total. The van der Waals surface area contributed by atoms with Gasteiger partial charge in [0.15, 0.2) is 22.8 Å². The van der Waals surface area contributed by atoms with Crippen LogP contribution in [0.5, 0.6) is 17.2 Å². The highest BCUT2D eigenvalue weighted by atomic mass is 16.5. The van der Waals surface area contributed by atoms with Crippen LogP contribution in [0.3, 0.4) is 0 Å². The normalized spacial score (nSPS) is 11.4. The number of phenolic OH excluding ortho intramolecular Hbond substituents is 1. The summed E-state index contributed by atoms with van der Waals surface area (Å²) in [6.45, 7) is -0.307. The van der Waals surface area contributed by atoms with Gasteiger partial charge in [-0.25, -0.2) is 0 Å². The van der Waals surface area contributed by atoms with E-state index in [9.17, 15) is 10.2 Å². The quantitative estimate of drug-likeness (QED) is 0.627. The van der Waals surface area contributed by atoms with Crippen molar-refractivity contribution in [2.24, 2.45) is 0 Å². The zero-order valence-electron chi connectivity index (χ0n) is 14.5. The van der Waals surface area contributed by atoms with Crippen LogP contribution in [0.4, 0.5) is 0 Å². The summed E-state index contributed by atoms with van der Waals surface area (Å²) in [5.41, 5.74) is 2.59. The molecule has 0 fully saturated rings. The predicted octanol–water partition coefficient (Wildman–Crippen LogP) is 3.32. The molecule has 0 unspecified atom stereocenters. The van der Waals surface area contributed by atoms with Crippen LogP contribution in [0, 0.1) is 0 Å². The van der Waals surface area contributed by atoms with Crippen LogP contribution in [0.15, 0.2) is 40.8 Å². The minimum absolute atomic E-state index is 0.0203. The molecule has 0 saturated carbocycles. The number of hydrogen-bond acceptors (Lipinski definition) is 6. The summed E-state index contributed by atoms with van der Waals surface area (Å²) >= 11 is 0. The fourth-order valence-corrected chi connectivity index (χ4v) is 2.88. The molecule has 3 aromatic rings. The second-order valence-corrected chi connectivity index (χ2v) is 5.64. The van der Waals surface area contributed by atoms with Gasteiger partial charge in [0.2, 0.25) is 0 Å². The average Bonchev–Trinajstić information content (AvgIpc) is 3.04. The molecule has 3 rings (SSSR count). The SMILES string of the molecule is COc1cc(-c2oc3c(OC)cc(/C=C/CO)cc3c2CO)ccc1O. The third kappa shape index (κ3) is 3.12. The van der Waals surface area contributed by atoms with Gasteiger partial charge in [0, 0.05) is 16.5 Å². The van der Waals surface area contributed by atoms with Crippen molar-refractivity contribution in [1.29, 1.82) is 0 Å². The van der Waals surface area contributed by atoms with Crippen molar-refractivity contribution in [1.82, 2.24) is 0 Å². The highest BCUT2D eigenvalue weighted by Gasteiger charge is 2.20. The molecular weight excluding hydrogens is 336 g/mol. The molecule has 0 bridgehead atoms. The molecule has 0 saturated heterocycles. The Balaban J connectivity index is 2.25. The number of methoxy groups -OCH3 is 2. The van der Waals surface area contributed by atoms with Crippen LogP contribution in [0.2, 0.25) is 0 Å². The molecule has 2 aromatic carbocycles. The number of hydrogen-bond donors (Lipinski definition) is 3. The van der Waals surface area contributed by atoms with Crippen LogP contribution in [0.1, 0.15) is 11.1 Å². The number of aliphatic hydroxyl groups is 2. The molecular formula is C20H20O6. The monoisotopic (exact) mass is 356 g/mol. The minimum Gasteiger partial charge on any atom is -0.504 e. The van der Waals surface area contributed by atoms with Crippen molar-refractivity contribution in [2.45, 2.75) is 6.61 Å². The highest BCUT2D eigenvalue weighted by molar-refractivity contribution is 5.93. The molecule has 6 nitrogen and oxygen atoms in total. The Morgan fingerprint density at radius 3 is 2.46 bits per heavy atom. The Morgan fingerprint density at radius 1 is 1.04 bits per heavy atom. The molecule has 0 atom stereocenters. The molecule has 136 valence electrons. The van der Waals surface area contributed by atoms with Crippen molar-refractivity contribution in [3.8, 4) is 28.6 Å². The molecule has 0 amide bonds. The second kappa shape index (κ2) is 7.51. The van der Waals surface area contributed by atoms with Gasteiger partial charge in [-0.05, 0) is 35.9 Å². The molecule has 1 aromatic heterocycles. The van der Waals surface area contributed by atoms with E-state index in [1.54, 1.807) is 37.5 Å². The summed E-state index contributed by atoms with van der Waals surface area (Å²) < 4.78 is 16.6. The number of fused-ring (bicyclic) bond motifs is 1. The van der Waals surface area contributed by atoms with Crippen LogP contribution in [-0.4, -0.2) is 36.1 Å². The summed E-state index contributed by atoms with van der Waals surface area (Å²) in [5, 5.41) is 29.4. The third-order valence-electron chi connectivity index (χ3n) is 4.12. The largest absolute Gasteiger partial charge is 0.504 e. The van der Waals surface area contributed by atoms with E-state index in [4.69, 9.17) is 19.0 Å². The Kier molecular flexibility index (Phi) is 5.16. The molecule has 0 spiro atoms. The van der Waals surface area contributed by atoms with E-state index in [2.05, 4.69) is 0 Å². The Labute approximate surface area is 150 Å². The Hall–Kier alpha value is -2.96. The van der Waals surface area contributed by atoms with Crippen LogP contribution >= 0.6 is 0 Å². The maximum Gasteiger partial charge on any atom is 0.177 e. The summed E-state index contributed by atoms with van der Waals surface area (Å²) in [4.78, 5) is 0. The van der Waals surface area contributed by atoms with Crippen LogP contribution in [-0.2, 0) is 6.61 Å². The maximum atomic E-state index is 9.94. The maximum absolute atomic E-state index is 9.94. The fraction of sp³-hybridized carbons (Fsp3) is 0.200. The zero-order valence-corrected chi connectivity index (χ0v) is 14.5. The summed E-state index contributed by atoms with van der Waals surface area (Å²) in [5.74, 6) is 1.33. The van der Waals surface area contributed by atoms with Gasteiger partial charge in [0.1, 0.15) is 5.76 Å². The van der Waals surface area contributed by atoms with E-state index < -0.39 is 0 Å². The lowest BCUT2D eigenvalue weighted by atomic mass is 10.0. The topological polar surface area (TPSA) is 92.3 Å². The second-order valence-electron chi connectivity index (χ2n) is 5.64. The minimum atomic E-state index is -0.234. The molecule has 1 heterocycles. The standard InChI is InChI=1S/C20H20O6/c1-24-17-10-13(5-6-16(17)23)19-15(11-22)14-8-12(4-3-7-21)9-18(25-2)20(14)26-19/h3-6,8-10,21-23H,7,11H2,1-2H3/b4-3+. The summed E-state index contributed by atoms with van der Waals surface area (Å²) in [6, 6.07) is 8.49. The molecule has 26 heavy (non-hydrogen) atoms. The molecule has 0 aliphatic carbocycles. The van der Waals surface area contributed by atoms with Crippen molar-refractivity contribution >= 4 is 17.0 Å². The van der Waals surface area contributed by atoms with E-state index >= 15 is 0 Å². The van der Waals surface area contributed by atoms with Crippen molar-refractivity contribution in [3.63, 3.8) is 0 Å². The molecule has 6 heteroatoms. The van der Waals surface area contributed by atoms with E-state index in [1.165, 1.54) is 13.2 Å². The van der Waals surface area contributed by atoms with Gasteiger partial charge in [0.25, 0.3) is 0 Å². The first-order valence-electron chi connectivity index (χ1n) is 8.02. The zero-order chi connectivity index (χ0) is 18.7. The smallest absolute Gasteiger partial charge is 0.177 e. The van der Waals surface area contributed by atoms with Gasteiger partial charge in [-0.3, -0.25) is 0 Å². The number of ether oxygens (including phenoxy) is 2. The van der Waals surface area contributed by atoms with Gasteiger partial charge in [-0.1, -0.05) is 12.2 Å². The van der Waals surface area contributed by atoms with E-state index in [0.717, 1.165) is 5.56 Å². The van der Waals surface area contributed by atoms with Crippen molar-refractivity contribution in [2.75, 3.05) is 20.8 Å². The van der Waals surface area contributed by atoms with Crippen LogP contribution < -0.4 is 9.47 Å². The number of aromatic hydroxyl groups is 1. The summed E-state index contributed by atoms with van der Waals surface area (Å²) in [7, 11) is 3.01. The number of rotatable bonds is 6. The Bertz CT molecular complexity index is 955. The van der Waals surface area contributed by atoms with E-state index in [0.29, 0.717) is 39.4 Å². The fourth-order valence-electron chi connectivity index (χ4n) is 2.88. The van der Waals surface area contributed by atoms with Gasteiger partial charge in [-0.2, -0.15) is 0 Å². The van der Waals surface area contributed by atoms with Gasteiger partial charge < -0.3 is 29.2 Å². The van der Waals surface area contributed by atoms with E-state index in [1.807, 2.05) is 6.07 Å². The molecule has 0 aliphatic heterocycles. The Morgan fingerprint density at radius 2 is 1.81 bits per heavy atom. The van der Waals surface area contributed by atoms with E-state index in [-0.39, 0.29) is 19.0 Å². The average molecular weight is 356 g/mol. The lowest BCUT2D eigenvalue weighted by Crippen LogP contribution is -1.89. The number of aliphatic hydroxyl groups excluding tert-OH is 2. The van der Waals surface area contributed by atoms with Gasteiger partial charge in [0.05, 0.1) is 27.4 Å². The first-order chi connectivity index (χ1) is 12.6. The highest BCUT2D eigenvalue weighted by Crippen LogP contribution is 2.41. The molecule has 0 aliphatic rings. The van der Waals surface area contributed by atoms with Crippen molar-refractivity contribution < 1.29 is 29.2 Å². The van der Waals surface area contributed by atoms with Crippen molar-refractivity contribution in [3.05, 3.63) is 47.5 Å². The summed E-state index contributed by atoms with van der Waals surface area (Å²) in [6.07, 6.45) is 3.38. The first kappa shape index (κ1) is 17.8. The number of benzene rings is 2.